The minimum Gasteiger partial charge on any atom is -0.481 e. The number of benzene rings is 1. The molecule has 0 radical (unpaired) electrons. The van der Waals surface area contributed by atoms with Gasteiger partial charge in [-0.3, -0.25) is 9.59 Å². The number of amides is 1. The van der Waals surface area contributed by atoms with Crippen LogP contribution in [-0.2, 0) is 14.3 Å². The number of aliphatic carboxylic acids is 1. The van der Waals surface area contributed by atoms with Gasteiger partial charge in [0.25, 0.3) is 0 Å². The third kappa shape index (κ3) is 5.36. The van der Waals surface area contributed by atoms with Gasteiger partial charge in [0.05, 0.1) is 5.92 Å². The third-order valence-electron chi connectivity index (χ3n) is 2.66. The van der Waals surface area contributed by atoms with Gasteiger partial charge in [-0.15, -0.1) is 0 Å². The normalized spacial score (nSPS) is 11.9. The molecule has 20 heavy (non-hydrogen) atoms. The number of hydrogen-bond donors (Lipinski definition) is 2. The summed E-state index contributed by atoms with van der Waals surface area (Å²) in [5, 5.41) is 11.6. The molecule has 0 aliphatic carbocycles. The fourth-order valence-electron chi connectivity index (χ4n) is 1.62. The molecule has 2 N–H and O–H groups in total. The van der Waals surface area contributed by atoms with Gasteiger partial charge >= 0.3 is 5.97 Å². The third-order valence-corrected chi connectivity index (χ3v) is 2.66. The van der Waals surface area contributed by atoms with Crippen LogP contribution in [0.15, 0.2) is 24.3 Å². The van der Waals surface area contributed by atoms with Gasteiger partial charge in [-0.25, -0.2) is 4.39 Å². The van der Waals surface area contributed by atoms with E-state index in [1.165, 1.54) is 24.3 Å². The summed E-state index contributed by atoms with van der Waals surface area (Å²) < 4.78 is 17.9. The van der Waals surface area contributed by atoms with Crippen LogP contribution in [0.5, 0.6) is 0 Å². The Labute approximate surface area is 116 Å². The standard InChI is InChI=1S/C14H18FNO4/c1-2-7-20-9-13(17)16-8-12(14(18)19)10-3-5-11(15)6-4-10/h3-6,12H,2,7-9H2,1H3,(H,16,17)(H,18,19). The molecule has 0 aliphatic heterocycles. The molecule has 5 nitrogen and oxygen atoms in total. The van der Waals surface area contributed by atoms with Crippen LogP contribution in [0.1, 0.15) is 24.8 Å². The Morgan fingerprint density at radius 3 is 2.55 bits per heavy atom. The van der Waals surface area contributed by atoms with Crippen molar-refractivity contribution in [2.45, 2.75) is 19.3 Å². The fourth-order valence-corrected chi connectivity index (χ4v) is 1.62. The molecule has 0 saturated heterocycles. The van der Waals surface area contributed by atoms with Crippen LogP contribution >= 0.6 is 0 Å². The number of carbonyl (C=O) groups is 2. The quantitative estimate of drug-likeness (QED) is 0.710. The first-order valence-corrected chi connectivity index (χ1v) is 6.37. The molecular formula is C14H18FNO4. The van der Waals surface area contributed by atoms with E-state index in [-0.39, 0.29) is 19.1 Å². The molecule has 1 aromatic rings. The van der Waals surface area contributed by atoms with Crippen LogP contribution in [-0.4, -0.2) is 36.7 Å². The first kappa shape index (κ1) is 16.1. The molecule has 0 saturated carbocycles. The van der Waals surface area contributed by atoms with Crippen molar-refractivity contribution >= 4 is 11.9 Å². The monoisotopic (exact) mass is 283 g/mol. The Bertz CT molecular complexity index is 447. The first-order valence-electron chi connectivity index (χ1n) is 6.37. The van der Waals surface area contributed by atoms with Gasteiger partial charge in [0.1, 0.15) is 12.4 Å². The van der Waals surface area contributed by atoms with Crippen LogP contribution in [0.4, 0.5) is 4.39 Å². The number of ether oxygens (including phenoxy) is 1. The van der Waals surface area contributed by atoms with Crippen LogP contribution in [0.3, 0.4) is 0 Å². The molecule has 0 heterocycles. The molecule has 1 rings (SSSR count). The molecule has 0 aliphatic rings. The molecular weight excluding hydrogens is 265 g/mol. The Hall–Kier alpha value is -1.95. The topological polar surface area (TPSA) is 75.6 Å². The minimum atomic E-state index is -1.08. The van der Waals surface area contributed by atoms with E-state index < -0.39 is 17.7 Å². The van der Waals surface area contributed by atoms with Gasteiger partial charge in [-0.1, -0.05) is 19.1 Å². The number of rotatable bonds is 8. The zero-order valence-corrected chi connectivity index (χ0v) is 11.3. The smallest absolute Gasteiger partial charge is 0.312 e. The van der Waals surface area contributed by atoms with Gasteiger partial charge in [0.2, 0.25) is 5.91 Å². The Kier molecular flexibility index (Phi) is 6.66. The average Bonchev–Trinajstić information content (AvgIpc) is 2.41. The summed E-state index contributed by atoms with van der Waals surface area (Å²) in [4.78, 5) is 22.6. The largest absolute Gasteiger partial charge is 0.481 e. The first-order chi connectivity index (χ1) is 9.54. The Morgan fingerprint density at radius 1 is 1.35 bits per heavy atom. The van der Waals surface area contributed by atoms with Crippen molar-refractivity contribution < 1.29 is 23.8 Å². The highest BCUT2D eigenvalue weighted by Crippen LogP contribution is 2.15. The number of carboxylic acid groups (broad SMARTS) is 1. The predicted molar refractivity (Wildman–Crippen MR) is 70.9 cm³/mol. The van der Waals surface area contributed by atoms with E-state index >= 15 is 0 Å². The van der Waals surface area contributed by atoms with E-state index in [0.717, 1.165) is 6.42 Å². The van der Waals surface area contributed by atoms with E-state index in [4.69, 9.17) is 9.84 Å². The molecule has 0 bridgehead atoms. The molecule has 0 fully saturated rings. The number of carboxylic acids is 1. The Balaban J connectivity index is 2.54. The van der Waals surface area contributed by atoms with Crippen LogP contribution < -0.4 is 5.32 Å². The van der Waals surface area contributed by atoms with Gasteiger partial charge in [-0.2, -0.15) is 0 Å². The van der Waals surface area contributed by atoms with Crippen molar-refractivity contribution in [1.29, 1.82) is 0 Å². The van der Waals surface area contributed by atoms with Crippen molar-refractivity contribution in [3.8, 4) is 0 Å². The van der Waals surface area contributed by atoms with Gasteiger partial charge in [0, 0.05) is 13.2 Å². The number of nitrogens with one attached hydrogen (secondary N) is 1. The lowest BCUT2D eigenvalue weighted by Gasteiger charge is -2.14. The van der Waals surface area contributed by atoms with E-state index in [9.17, 15) is 14.0 Å². The SMILES string of the molecule is CCCOCC(=O)NCC(C(=O)O)c1ccc(F)cc1. The van der Waals surface area contributed by atoms with E-state index in [0.29, 0.717) is 12.2 Å². The molecule has 1 unspecified atom stereocenters. The zero-order chi connectivity index (χ0) is 15.0. The molecule has 1 aromatic carbocycles. The molecule has 0 spiro atoms. The van der Waals surface area contributed by atoms with Gasteiger partial charge in [-0.05, 0) is 24.1 Å². The summed E-state index contributed by atoms with van der Waals surface area (Å²) in [5.41, 5.74) is 0.439. The molecule has 0 aromatic heterocycles. The van der Waals surface area contributed by atoms with Crippen molar-refractivity contribution in [2.75, 3.05) is 19.8 Å². The number of carbonyl (C=O) groups excluding carboxylic acids is 1. The number of hydrogen-bond acceptors (Lipinski definition) is 3. The minimum absolute atomic E-state index is 0.0602. The molecule has 110 valence electrons. The molecule has 6 heteroatoms. The second-order valence-electron chi connectivity index (χ2n) is 4.30. The molecule has 1 amide bonds. The second kappa shape index (κ2) is 8.27. The van der Waals surface area contributed by atoms with Crippen molar-refractivity contribution in [3.05, 3.63) is 35.6 Å². The summed E-state index contributed by atoms with van der Waals surface area (Å²) in [5.74, 6) is -2.79. The fraction of sp³-hybridized carbons (Fsp3) is 0.429. The highest BCUT2D eigenvalue weighted by atomic mass is 19.1. The Morgan fingerprint density at radius 2 is 2.00 bits per heavy atom. The van der Waals surface area contributed by atoms with Crippen molar-refractivity contribution in [2.24, 2.45) is 0 Å². The maximum absolute atomic E-state index is 12.8. The maximum Gasteiger partial charge on any atom is 0.312 e. The zero-order valence-electron chi connectivity index (χ0n) is 11.3. The van der Waals surface area contributed by atoms with E-state index in [2.05, 4.69) is 5.32 Å². The van der Waals surface area contributed by atoms with Crippen molar-refractivity contribution in [1.82, 2.24) is 5.32 Å². The lowest BCUT2D eigenvalue weighted by Crippen LogP contribution is -2.34. The lowest BCUT2D eigenvalue weighted by atomic mass is 9.99. The molecule has 1 atom stereocenters. The van der Waals surface area contributed by atoms with Crippen LogP contribution in [0.2, 0.25) is 0 Å². The summed E-state index contributed by atoms with van der Waals surface area (Å²) >= 11 is 0. The van der Waals surface area contributed by atoms with Crippen LogP contribution in [0.25, 0.3) is 0 Å². The van der Waals surface area contributed by atoms with Crippen molar-refractivity contribution in [3.63, 3.8) is 0 Å². The van der Waals surface area contributed by atoms with E-state index in [1.54, 1.807) is 0 Å². The summed E-state index contributed by atoms with van der Waals surface area (Å²) in [6, 6.07) is 5.18. The predicted octanol–water partition coefficient (Wildman–Crippen LogP) is 1.54. The summed E-state index contributed by atoms with van der Waals surface area (Å²) in [7, 11) is 0. The lowest BCUT2D eigenvalue weighted by molar-refractivity contribution is -0.138. The van der Waals surface area contributed by atoms with Gasteiger partial charge in [0.15, 0.2) is 0 Å². The average molecular weight is 283 g/mol. The maximum atomic E-state index is 12.8. The van der Waals surface area contributed by atoms with Crippen LogP contribution in [0, 0.1) is 5.82 Å². The second-order valence-corrected chi connectivity index (χ2v) is 4.30. The number of halogens is 1. The summed E-state index contributed by atoms with van der Waals surface area (Å²) in [6.45, 7) is 2.25. The highest BCUT2D eigenvalue weighted by Gasteiger charge is 2.20. The highest BCUT2D eigenvalue weighted by molar-refractivity contribution is 5.80. The summed E-state index contributed by atoms with van der Waals surface area (Å²) in [6.07, 6.45) is 0.806. The van der Waals surface area contributed by atoms with Gasteiger partial charge < -0.3 is 15.2 Å². The van der Waals surface area contributed by atoms with E-state index in [1.807, 2.05) is 6.92 Å².